The molecule has 1 saturated heterocycles. The predicted molar refractivity (Wildman–Crippen MR) is 146 cm³/mol. The number of benzene rings is 3. The quantitative estimate of drug-likeness (QED) is 0.182. The Kier molecular flexibility index (Phi) is 7.45. The highest BCUT2D eigenvalue weighted by molar-refractivity contribution is 6.46. The Morgan fingerprint density at radius 2 is 1.79 bits per heavy atom. The molecular formula is C31H29N3O5. The lowest BCUT2D eigenvalue weighted by Crippen LogP contribution is -2.31. The Labute approximate surface area is 226 Å². The normalized spacial score (nSPS) is 16.5. The molecule has 3 aromatic carbocycles. The van der Waals surface area contributed by atoms with E-state index in [4.69, 9.17) is 4.74 Å². The zero-order valence-electron chi connectivity index (χ0n) is 21.5. The van der Waals surface area contributed by atoms with Crippen LogP contribution in [0.1, 0.15) is 34.7 Å². The Balaban J connectivity index is 1.42. The maximum atomic E-state index is 13.2. The van der Waals surface area contributed by atoms with Crippen LogP contribution < -0.4 is 4.74 Å². The summed E-state index contributed by atoms with van der Waals surface area (Å²) >= 11 is 0. The number of aromatic nitrogens is 2. The number of carbonyl (C=O) groups is 2. The minimum Gasteiger partial charge on any atom is -0.508 e. The second kappa shape index (κ2) is 11.3. The van der Waals surface area contributed by atoms with Gasteiger partial charge in [0.2, 0.25) is 0 Å². The zero-order valence-corrected chi connectivity index (χ0v) is 21.5. The van der Waals surface area contributed by atoms with Gasteiger partial charge < -0.3 is 24.4 Å². The molecule has 2 heterocycles. The number of amides is 1. The van der Waals surface area contributed by atoms with E-state index in [0.717, 1.165) is 11.1 Å². The number of Topliss-reactive ketones (excluding diaryl/α,β-unsaturated/α-hetero) is 1. The number of carbonyl (C=O) groups excluding carboxylic acids is 2. The van der Waals surface area contributed by atoms with E-state index in [1.165, 1.54) is 17.0 Å². The van der Waals surface area contributed by atoms with Gasteiger partial charge in [0.15, 0.2) is 0 Å². The van der Waals surface area contributed by atoms with Crippen LogP contribution in [0.15, 0.2) is 97.1 Å². The minimum atomic E-state index is -0.836. The molecule has 0 aliphatic carbocycles. The number of hydrogen-bond donors (Lipinski definition) is 2. The summed E-state index contributed by atoms with van der Waals surface area (Å²) in [5.41, 5.74) is 3.12. The smallest absolute Gasteiger partial charge is 0.295 e. The summed E-state index contributed by atoms with van der Waals surface area (Å²) in [5, 5.41) is 21.4. The third-order valence-corrected chi connectivity index (χ3v) is 6.88. The average molecular weight is 524 g/mol. The lowest BCUT2D eigenvalue weighted by molar-refractivity contribution is -0.139. The SMILES string of the molecule is Cc1ccccc1COc1ccc(/C(O)=C2\C(=O)C(=O)N(CCCn3ccnc3)[C@@H]2c2cccc(O)c2)cc1. The molecule has 5 rings (SSSR count). The van der Waals surface area contributed by atoms with Gasteiger partial charge in [0, 0.05) is 31.0 Å². The third kappa shape index (κ3) is 5.55. The number of aliphatic hydroxyl groups excluding tert-OH is 1. The summed E-state index contributed by atoms with van der Waals surface area (Å²) in [6, 6.07) is 20.3. The number of ketones is 1. The van der Waals surface area contributed by atoms with Gasteiger partial charge in [0.05, 0.1) is 17.9 Å². The maximum Gasteiger partial charge on any atom is 0.295 e. The van der Waals surface area contributed by atoms with Gasteiger partial charge in [-0.2, -0.15) is 0 Å². The van der Waals surface area contributed by atoms with E-state index in [-0.39, 0.29) is 23.6 Å². The molecule has 8 nitrogen and oxygen atoms in total. The van der Waals surface area contributed by atoms with Crippen LogP contribution in [0.25, 0.3) is 5.76 Å². The summed E-state index contributed by atoms with van der Waals surface area (Å²) in [6.45, 7) is 3.32. The molecule has 1 fully saturated rings. The first-order chi connectivity index (χ1) is 18.9. The lowest BCUT2D eigenvalue weighted by atomic mass is 9.95. The third-order valence-electron chi connectivity index (χ3n) is 6.88. The first-order valence-corrected chi connectivity index (χ1v) is 12.7. The van der Waals surface area contributed by atoms with Crippen LogP contribution in [0.3, 0.4) is 0 Å². The highest BCUT2D eigenvalue weighted by atomic mass is 16.5. The highest BCUT2D eigenvalue weighted by Gasteiger charge is 2.45. The second-order valence-corrected chi connectivity index (χ2v) is 9.48. The Morgan fingerprint density at radius 1 is 1.00 bits per heavy atom. The molecule has 1 aliphatic rings. The van der Waals surface area contributed by atoms with E-state index in [1.54, 1.807) is 48.9 Å². The summed E-state index contributed by atoms with van der Waals surface area (Å²) in [4.78, 5) is 31.9. The molecule has 0 saturated carbocycles. The van der Waals surface area contributed by atoms with Gasteiger partial charge in [-0.3, -0.25) is 9.59 Å². The van der Waals surface area contributed by atoms with E-state index in [9.17, 15) is 19.8 Å². The van der Waals surface area contributed by atoms with Crippen molar-refractivity contribution < 1.29 is 24.5 Å². The van der Waals surface area contributed by atoms with Crippen LogP contribution in [0.5, 0.6) is 11.5 Å². The first-order valence-electron chi connectivity index (χ1n) is 12.7. The molecule has 0 unspecified atom stereocenters. The van der Waals surface area contributed by atoms with Gasteiger partial charge in [-0.15, -0.1) is 0 Å². The second-order valence-electron chi connectivity index (χ2n) is 9.48. The highest BCUT2D eigenvalue weighted by Crippen LogP contribution is 2.40. The molecule has 0 spiro atoms. The number of aromatic hydroxyl groups is 1. The van der Waals surface area contributed by atoms with E-state index in [0.29, 0.717) is 36.4 Å². The lowest BCUT2D eigenvalue weighted by Gasteiger charge is -2.25. The van der Waals surface area contributed by atoms with E-state index in [1.807, 2.05) is 42.0 Å². The van der Waals surface area contributed by atoms with Crippen molar-refractivity contribution >= 4 is 17.4 Å². The number of rotatable bonds is 9. The number of ether oxygens (including phenoxy) is 1. The van der Waals surface area contributed by atoms with Gasteiger partial charge in [-0.1, -0.05) is 36.4 Å². The van der Waals surface area contributed by atoms with Gasteiger partial charge in [-0.05, 0) is 66.4 Å². The molecular weight excluding hydrogens is 494 g/mol. The van der Waals surface area contributed by atoms with Crippen LogP contribution >= 0.6 is 0 Å². The van der Waals surface area contributed by atoms with Crippen LogP contribution in [0, 0.1) is 6.92 Å². The minimum absolute atomic E-state index is 0.00616. The number of aryl methyl sites for hydroxylation is 2. The predicted octanol–water partition coefficient (Wildman–Crippen LogP) is 4.99. The van der Waals surface area contributed by atoms with Crippen LogP contribution in [0.2, 0.25) is 0 Å². The Morgan fingerprint density at radius 3 is 2.51 bits per heavy atom. The standard InChI is InChI=1S/C31H29N3O5/c1-21-6-2-3-7-24(21)19-39-26-12-10-22(11-13-26)29(36)27-28(23-8-4-9-25(35)18-23)34(31(38)30(27)37)16-5-15-33-17-14-32-20-33/h2-4,6-14,17-18,20,28,35-36H,5,15-16,19H2,1H3/b29-27+/t28-/m1/s1. The molecule has 2 N–H and O–H groups in total. The number of hydrogen-bond acceptors (Lipinski definition) is 6. The monoisotopic (exact) mass is 523 g/mol. The van der Waals surface area contributed by atoms with Crippen LogP contribution in [-0.4, -0.2) is 42.9 Å². The van der Waals surface area contributed by atoms with Gasteiger partial charge >= 0.3 is 0 Å². The molecule has 1 amide bonds. The molecule has 1 aromatic heterocycles. The molecule has 4 aromatic rings. The number of imidazole rings is 1. The first kappa shape index (κ1) is 25.8. The zero-order chi connectivity index (χ0) is 27.4. The van der Waals surface area contributed by atoms with Gasteiger partial charge in [0.25, 0.3) is 11.7 Å². The largest absolute Gasteiger partial charge is 0.508 e. The van der Waals surface area contributed by atoms with Crippen molar-refractivity contribution in [1.82, 2.24) is 14.5 Å². The van der Waals surface area contributed by atoms with Crippen LogP contribution in [-0.2, 0) is 22.7 Å². The van der Waals surface area contributed by atoms with Crippen molar-refractivity contribution in [2.45, 2.75) is 32.5 Å². The number of nitrogens with zero attached hydrogens (tertiary/aromatic N) is 3. The summed E-state index contributed by atoms with van der Waals surface area (Å²) < 4.78 is 7.80. The molecule has 198 valence electrons. The maximum absolute atomic E-state index is 13.2. The molecule has 8 heteroatoms. The fourth-order valence-electron chi connectivity index (χ4n) is 4.79. The average Bonchev–Trinajstić information content (AvgIpc) is 3.55. The molecule has 0 radical (unpaired) electrons. The number of likely N-dealkylation sites (tertiary alicyclic amines) is 1. The number of phenols is 1. The summed E-state index contributed by atoms with van der Waals surface area (Å²) in [5.74, 6) is -1.10. The van der Waals surface area contributed by atoms with Crippen molar-refractivity contribution in [3.63, 3.8) is 0 Å². The molecule has 0 bridgehead atoms. The molecule has 1 aliphatic heterocycles. The Hall–Kier alpha value is -4.85. The van der Waals surface area contributed by atoms with Crippen molar-refractivity contribution in [2.75, 3.05) is 6.54 Å². The van der Waals surface area contributed by atoms with Crippen molar-refractivity contribution in [3.05, 3.63) is 119 Å². The summed E-state index contributed by atoms with van der Waals surface area (Å²) in [6.07, 6.45) is 5.77. The number of phenolic OH excluding ortho intramolecular Hbond substituents is 1. The van der Waals surface area contributed by atoms with Gasteiger partial charge in [-0.25, -0.2) is 4.98 Å². The fraction of sp³-hybridized carbons (Fsp3) is 0.194. The van der Waals surface area contributed by atoms with E-state index >= 15 is 0 Å². The molecule has 1 atom stereocenters. The number of aliphatic hydroxyl groups is 1. The van der Waals surface area contributed by atoms with Crippen molar-refractivity contribution in [3.8, 4) is 11.5 Å². The van der Waals surface area contributed by atoms with E-state index in [2.05, 4.69) is 4.98 Å². The van der Waals surface area contributed by atoms with Crippen LogP contribution in [0.4, 0.5) is 0 Å². The Bertz CT molecular complexity index is 1510. The molecule has 39 heavy (non-hydrogen) atoms. The fourth-order valence-corrected chi connectivity index (χ4v) is 4.79. The van der Waals surface area contributed by atoms with Gasteiger partial charge in [0.1, 0.15) is 23.9 Å². The summed E-state index contributed by atoms with van der Waals surface area (Å²) in [7, 11) is 0. The van der Waals surface area contributed by atoms with Crippen molar-refractivity contribution in [2.24, 2.45) is 0 Å². The van der Waals surface area contributed by atoms with E-state index < -0.39 is 17.7 Å². The topological polar surface area (TPSA) is 105 Å². The van der Waals surface area contributed by atoms with Crippen molar-refractivity contribution in [1.29, 1.82) is 0 Å².